The van der Waals surface area contributed by atoms with Crippen molar-refractivity contribution in [3.63, 3.8) is 0 Å². The second-order valence-electron chi connectivity index (χ2n) is 4.98. The summed E-state index contributed by atoms with van der Waals surface area (Å²) in [6.45, 7) is 6.33. The molecule has 0 aromatic carbocycles. The summed E-state index contributed by atoms with van der Waals surface area (Å²) < 4.78 is 2.03. The number of nitrogens with two attached hydrogens (primary N) is 1. The van der Waals surface area contributed by atoms with E-state index < -0.39 is 0 Å². The van der Waals surface area contributed by atoms with Gasteiger partial charge in [0.2, 0.25) is 0 Å². The van der Waals surface area contributed by atoms with Gasteiger partial charge >= 0.3 is 0 Å². The monoisotopic (exact) mass is 389 g/mol. The van der Waals surface area contributed by atoms with Gasteiger partial charge in [0.15, 0.2) is 5.82 Å². The molecule has 96 valence electrons. The number of nitrogens with zero attached hydrogens (tertiary/aromatic N) is 2. The highest BCUT2D eigenvalue weighted by molar-refractivity contribution is 9.13. The number of nitrogen functional groups attached to an aromatic ring is 1. The van der Waals surface area contributed by atoms with Crippen molar-refractivity contribution in [1.82, 2.24) is 9.97 Å². The predicted molar refractivity (Wildman–Crippen MR) is 83.9 cm³/mol. The largest absolute Gasteiger partial charge is 0.384 e. The summed E-state index contributed by atoms with van der Waals surface area (Å²) in [6.07, 6.45) is 0. The van der Waals surface area contributed by atoms with Crippen molar-refractivity contribution >= 4 is 49.0 Å². The summed E-state index contributed by atoms with van der Waals surface area (Å²) in [5.74, 6) is 1.18. The smallest absolute Gasteiger partial charge is 0.171 e. The van der Waals surface area contributed by atoms with Crippen LogP contribution in [-0.2, 0) is 5.41 Å². The highest BCUT2D eigenvalue weighted by Crippen LogP contribution is 2.37. The lowest BCUT2D eigenvalue weighted by Gasteiger charge is -2.18. The molecule has 0 atom stereocenters. The number of thiophene rings is 1. The van der Waals surface area contributed by atoms with E-state index in [1.807, 2.05) is 12.1 Å². The third-order valence-corrected chi connectivity index (χ3v) is 5.63. The Morgan fingerprint density at radius 2 is 1.83 bits per heavy atom. The maximum atomic E-state index is 5.87. The van der Waals surface area contributed by atoms with Crippen LogP contribution in [0.4, 0.5) is 5.82 Å². The molecular weight excluding hydrogens is 378 g/mol. The van der Waals surface area contributed by atoms with E-state index in [9.17, 15) is 0 Å². The Kier molecular flexibility index (Phi) is 3.80. The van der Waals surface area contributed by atoms with E-state index in [-0.39, 0.29) is 5.41 Å². The molecule has 0 aliphatic carbocycles. The summed E-state index contributed by atoms with van der Waals surface area (Å²) in [4.78, 5) is 9.91. The minimum atomic E-state index is -0.0441. The summed E-state index contributed by atoms with van der Waals surface area (Å²) in [5.41, 5.74) is 6.77. The molecule has 2 heterocycles. The van der Waals surface area contributed by atoms with Gasteiger partial charge in [-0.25, -0.2) is 9.97 Å². The molecule has 0 saturated carbocycles. The number of rotatable bonds is 1. The van der Waals surface area contributed by atoms with Crippen LogP contribution in [0.2, 0.25) is 0 Å². The summed E-state index contributed by atoms with van der Waals surface area (Å²) in [6, 6.07) is 3.83. The molecule has 0 fully saturated rings. The molecule has 3 nitrogen and oxygen atoms in total. The zero-order chi connectivity index (χ0) is 13.5. The summed E-state index contributed by atoms with van der Waals surface area (Å²) in [7, 11) is 0. The van der Waals surface area contributed by atoms with Gasteiger partial charge in [-0.3, -0.25) is 0 Å². The minimum Gasteiger partial charge on any atom is -0.384 e. The maximum Gasteiger partial charge on any atom is 0.171 e. The Hall–Kier alpha value is -0.460. The summed E-state index contributed by atoms with van der Waals surface area (Å²) in [5, 5.41) is 0. The van der Waals surface area contributed by atoms with Gasteiger partial charge < -0.3 is 5.73 Å². The quantitative estimate of drug-likeness (QED) is 0.773. The van der Waals surface area contributed by atoms with Crippen LogP contribution in [0, 0.1) is 0 Å². The van der Waals surface area contributed by atoms with Gasteiger partial charge in [0.1, 0.15) is 5.82 Å². The second-order valence-corrected chi connectivity index (χ2v) is 8.21. The van der Waals surface area contributed by atoms with Crippen LogP contribution in [0.1, 0.15) is 26.5 Å². The molecule has 2 N–H and O–H groups in total. The number of aromatic nitrogens is 2. The highest BCUT2D eigenvalue weighted by Gasteiger charge is 2.19. The van der Waals surface area contributed by atoms with Crippen LogP contribution in [0.25, 0.3) is 10.7 Å². The average molecular weight is 391 g/mol. The van der Waals surface area contributed by atoms with Crippen molar-refractivity contribution < 1.29 is 0 Å². The van der Waals surface area contributed by atoms with Crippen molar-refractivity contribution in [2.75, 3.05) is 5.73 Å². The molecule has 0 amide bonds. The molecule has 0 aliphatic rings. The molecule has 0 spiro atoms. The fourth-order valence-electron chi connectivity index (χ4n) is 1.42. The van der Waals surface area contributed by atoms with Gasteiger partial charge in [0, 0.05) is 16.0 Å². The van der Waals surface area contributed by atoms with Gasteiger partial charge in [-0.15, -0.1) is 11.3 Å². The predicted octanol–water partition coefficient (Wildman–Crippen LogP) is 4.61. The fraction of sp³-hybridized carbons (Fsp3) is 0.333. The van der Waals surface area contributed by atoms with E-state index in [1.165, 1.54) is 0 Å². The molecule has 2 aromatic rings. The van der Waals surface area contributed by atoms with E-state index >= 15 is 0 Å². The Morgan fingerprint density at radius 3 is 2.33 bits per heavy atom. The van der Waals surface area contributed by atoms with Crippen LogP contribution in [0.15, 0.2) is 20.4 Å². The first-order valence-electron chi connectivity index (χ1n) is 5.37. The van der Waals surface area contributed by atoms with E-state index in [0.29, 0.717) is 11.6 Å². The van der Waals surface area contributed by atoms with E-state index in [4.69, 9.17) is 5.73 Å². The molecule has 6 heteroatoms. The summed E-state index contributed by atoms with van der Waals surface area (Å²) >= 11 is 8.53. The Labute approximate surface area is 127 Å². The normalized spacial score (nSPS) is 11.8. The van der Waals surface area contributed by atoms with Crippen molar-refractivity contribution in [1.29, 1.82) is 0 Å². The molecule has 0 radical (unpaired) electrons. The van der Waals surface area contributed by atoms with Gasteiger partial charge in [-0.05, 0) is 37.9 Å². The SMILES string of the molecule is CC(C)(C)c1cc(N)nc(-c2cc(Br)c(Br)s2)n1. The second kappa shape index (κ2) is 4.90. The van der Waals surface area contributed by atoms with Gasteiger partial charge in [-0.2, -0.15) is 0 Å². The molecule has 0 saturated heterocycles. The first-order valence-corrected chi connectivity index (χ1v) is 7.78. The lowest BCUT2D eigenvalue weighted by atomic mass is 9.92. The average Bonchev–Trinajstić information content (AvgIpc) is 2.57. The molecule has 0 aliphatic heterocycles. The van der Waals surface area contributed by atoms with Gasteiger partial charge in [-0.1, -0.05) is 20.8 Å². The number of hydrogen-bond donors (Lipinski definition) is 1. The fourth-order valence-corrected chi connectivity index (χ4v) is 3.39. The van der Waals surface area contributed by atoms with Crippen LogP contribution in [0.3, 0.4) is 0 Å². The van der Waals surface area contributed by atoms with Gasteiger partial charge in [0.05, 0.1) is 14.4 Å². The molecule has 2 aromatic heterocycles. The van der Waals surface area contributed by atoms with E-state index in [2.05, 4.69) is 62.6 Å². The van der Waals surface area contributed by atoms with E-state index in [1.54, 1.807) is 11.3 Å². The minimum absolute atomic E-state index is 0.0441. The van der Waals surface area contributed by atoms with Crippen LogP contribution in [0.5, 0.6) is 0 Å². The zero-order valence-electron chi connectivity index (χ0n) is 10.3. The molecule has 0 unspecified atom stereocenters. The van der Waals surface area contributed by atoms with E-state index in [0.717, 1.165) is 18.8 Å². The lowest BCUT2D eigenvalue weighted by molar-refractivity contribution is 0.568. The first kappa shape index (κ1) is 14.0. The molecular formula is C12H13Br2N3S. The van der Waals surface area contributed by atoms with Crippen molar-refractivity contribution in [2.45, 2.75) is 26.2 Å². The molecule has 0 bridgehead atoms. The van der Waals surface area contributed by atoms with Crippen molar-refractivity contribution in [3.8, 4) is 10.7 Å². The third-order valence-electron chi connectivity index (χ3n) is 2.38. The Morgan fingerprint density at radius 1 is 1.17 bits per heavy atom. The number of halogens is 2. The van der Waals surface area contributed by atoms with Crippen molar-refractivity contribution in [2.24, 2.45) is 0 Å². The number of hydrogen-bond acceptors (Lipinski definition) is 4. The Balaban J connectivity index is 2.55. The maximum absolute atomic E-state index is 5.87. The lowest BCUT2D eigenvalue weighted by Crippen LogP contribution is -2.15. The molecule has 2 rings (SSSR count). The first-order chi connectivity index (χ1) is 8.27. The standard InChI is InChI=1S/C12H13Br2N3S/c1-12(2,3)8-5-9(15)17-11(16-8)7-4-6(13)10(14)18-7/h4-5H,1-3H3,(H2,15,16,17). The zero-order valence-corrected chi connectivity index (χ0v) is 14.3. The Bertz CT molecular complexity index is 568. The van der Waals surface area contributed by atoms with Crippen LogP contribution in [-0.4, -0.2) is 9.97 Å². The topological polar surface area (TPSA) is 51.8 Å². The molecule has 18 heavy (non-hydrogen) atoms. The van der Waals surface area contributed by atoms with Crippen molar-refractivity contribution in [3.05, 3.63) is 26.1 Å². The van der Waals surface area contributed by atoms with Crippen LogP contribution >= 0.6 is 43.2 Å². The highest BCUT2D eigenvalue weighted by atomic mass is 79.9. The number of anilines is 1. The third kappa shape index (κ3) is 2.92. The van der Waals surface area contributed by atoms with Crippen LogP contribution < -0.4 is 5.73 Å². The van der Waals surface area contributed by atoms with Gasteiger partial charge in [0.25, 0.3) is 0 Å².